The van der Waals surface area contributed by atoms with Crippen LogP contribution in [0.5, 0.6) is 0 Å². The van der Waals surface area contributed by atoms with Gasteiger partial charge < -0.3 is 5.11 Å². The molecular weight excluding hydrogens is 397 g/mol. The van der Waals surface area contributed by atoms with Gasteiger partial charge in [-0.05, 0) is 36.3 Å². The summed E-state index contributed by atoms with van der Waals surface area (Å²) in [5.74, 6) is 0. The van der Waals surface area contributed by atoms with Gasteiger partial charge in [0.15, 0.2) is 0 Å². The molecule has 0 amide bonds. The second-order valence-corrected chi connectivity index (χ2v) is 9.63. The molecule has 4 rings (SSSR count). The Labute approximate surface area is 185 Å². The van der Waals surface area contributed by atoms with Crippen LogP contribution in [-0.4, -0.2) is 17.4 Å². The maximum absolute atomic E-state index is 10.7. The van der Waals surface area contributed by atoms with E-state index in [1.165, 1.54) is 15.9 Å². The number of rotatable bonds is 7. The van der Waals surface area contributed by atoms with E-state index in [0.717, 1.165) is 11.1 Å². The highest BCUT2D eigenvalue weighted by molar-refractivity contribution is 7.80. The Balaban J connectivity index is 1.69. The predicted molar refractivity (Wildman–Crippen MR) is 134 cm³/mol. The fourth-order valence-corrected chi connectivity index (χ4v) is 6.01. The van der Waals surface area contributed by atoms with Crippen molar-refractivity contribution in [2.24, 2.45) is 4.99 Å². The van der Waals surface area contributed by atoms with Gasteiger partial charge in [0.2, 0.25) is 0 Å². The van der Waals surface area contributed by atoms with Crippen molar-refractivity contribution in [1.29, 1.82) is 0 Å². The summed E-state index contributed by atoms with van der Waals surface area (Å²) < 4.78 is 0. The molecule has 0 unspecified atom stereocenters. The normalized spacial score (nSPS) is 13.4. The third-order valence-corrected chi connectivity index (χ3v) is 7.77. The summed E-state index contributed by atoms with van der Waals surface area (Å²) in [5.41, 5.74) is 1.98. The van der Waals surface area contributed by atoms with E-state index in [0.29, 0.717) is 0 Å². The van der Waals surface area contributed by atoms with Gasteiger partial charge in [0, 0.05) is 11.8 Å². The first kappa shape index (κ1) is 21.2. The highest BCUT2D eigenvalue weighted by Crippen LogP contribution is 2.33. The quantitative estimate of drug-likeness (QED) is 0.330. The van der Waals surface area contributed by atoms with Crippen molar-refractivity contribution in [3.05, 3.63) is 126 Å². The fraction of sp³-hybridized carbons (Fsp3) is 0.107. The molecule has 154 valence electrons. The molecule has 0 aliphatic carbocycles. The molecule has 1 N–H and O–H groups in total. The third-order valence-electron chi connectivity index (χ3n) is 5.25. The van der Waals surface area contributed by atoms with Gasteiger partial charge in [0.1, 0.15) is 6.10 Å². The largest absolute Gasteiger partial charge is 0.386 e. The second-order valence-electron chi connectivity index (χ2n) is 7.44. The Morgan fingerprint density at radius 3 is 1.74 bits per heavy atom. The van der Waals surface area contributed by atoms with E-state index in [2.05, 4.69) is 78.9 Å². The number of hydrogen-bond acceptors (Lipinski definition) is 2. The summed E-state index contributed by atoms with van der Waals surface area (Å²) in [4.78, 5) is 4.74. The summed E-state index contributed by atoms with van der Waals surface area (Å²) in [5, 5.41) is 14.6. The topological polar surface area (TPSA) is 32.6 Å². The zero-order valence-corrected chi connectivity index (χ0v) is 18.4. The highest BCUT2D eigenvalue weighted by Gasteiger charge is 2.19. The van der Waals surface area contributed by atoms with Crippen LogP contribution >= 0.6 is 7.92 Å². The number of hydrogen-bond donors (Lipinski definition) is 1. The fourth-order valence-electron chi connectivity index (χ4n) is 3.59. The van der Waals surface area contributed by atoms with E-state index >= 15 is 0 Å². The van der Waals surface area contributed by atoms with Crippen molar-refractivity contribution in [3.8, 4) is 0 Å². The smallest absolute Gasteiger partial charge is 0.101 e. The van der Waals surface area contributed by atoms with E-state index in [4.69, 9.17) is 4.99 Å². The number of aliphatic imine (C=N–C) groups is 1. The zero-order valence-electron chi connectivity index (χ0n) is 17.5. The number of aliphatic hydroxyl groups is 1. The maximum Gasteiger partial charge on any atom is 0.101 e. The van der Waals surface area contributed by atoms with Crippen LogP contribution < -0.4 is 15.9 Å². The van der Waals surface area contributed by atoms with Gasteiger partial charge in [-0.3, -0.25) is 4.99 Å². The van der Waals surface area contributed by atoms with Gasteiger partial charge in [0.05, 0.1) is 6.04 Å². The Bertz CT molecular complexity index is 1070. The lowest BCUT2D eigenvalue weighted by Crippen LogP contribution is -2.23. The second kappa shape index (κ2) is 10.3. The molecule has 2 atom stereocenters. The van der Waals surface area contributed by atoms with Gasteiger partial charge in [-0.15, -0.1) is 0 Å². The van der Waals surface area contributed by atoms with E-state index < -0.39 is 14.0 Å². The number of nitrogens with zero attached hydrogens (tertiary/aromatic N) is 1. The van der Waals surface area contributed by atoms with E-state index in [9.17, 15) is 5.11 Å². The van der Waals surface area contributed by atoms with Crippen molar-refractivity contribution in [2.75, 3.05) is 0 Å². The van der Waals surface area contributed by atoms with Crippen LogP contribution in [0.25, 0.3) is 0 Å². The Kier molecular flexibility index (Phi) is 7.04. The molecule has 0 aromatic heterocycles. The molecule has 0 saturated carbocycles. The minimum absolute atomic E-state index is 0.241. The lowest BCUT2D eigenvalue weighted by molar-refractivity contribution is 0.154. The monoisotopic (exact) mass is 423 g/mol. The third kappa shape index (κ3) is 5.17. The molecule has 4 aromatic carbocycles. The summed E-state index contributed by atoms with van der Waals surface area (Å²) in [6.07, 6.45) is 1.29. The lowest BCUT2D eigenvalue weighted by atomic mass is 10.0. The van der Waals surface area contributed by atoms with Gasteiger partial charge in [-0.2, -0.15) is 0 Å². The summed E-state index contributed by atoms with van der Waals surface area (Å²) in [6, 6.07) is 39.3. The molecule has 3 heteroatoms. The Morgan fingerprint density at radius 2 is 1.16 bits per heavy atom. The first-order chi connectivity index (χ1) is 15.2. The maximum atomic E-state index is 10.7. The number of aliphatic hydroxyl groups excluding tert-OH is 1. The van der Waals surface area contributed by atoms with Crippen LogP contribution in [0.2, 0.25) is 0 Å². The van der Waals surface area contributed by atoms with Gasteiger partial charge in [-0.1, -0.05) is 115 Å². The van der Waals surface area contributed by atoms with Crippen molar-refractivity contribution in [1.82, 2.24) is 0 Å². The standard InChI is InChI=1S/C28H26NOP/c1-22(28(30)23-13-5-2-6-14-23)29-21-24-15-11-12-20-27(24)31(25-16-7-3-8-17-25)26-18-9-4-10-19-26/h2-22,28,30H,1H3/t22-,28-/m1/s1. The van der Waals surface area contributed by atoms with Gasteiger partial charge in [0.25, 0.3) is 0 Å². The summed E-state index contributed by atoms with van der Waals surface area (Å²) in [6.45, 7) is 1.95. The molecular formula is C28H26NOP. The molecule has 4 aromatic rings. The van der Waals surface area contributed by atoms with Crippen LogP contribution in [0.1, 0.15) is 24.2 Å². The average molecular weight is 423 g/mol. The molecule has 0 heterocycles. The molecule has 0 fully saturated rings. The highest BCUT2D eigenvalue weighted by atomic mass is 31.1. The Hall–Kier alpha value is -3.06. The van der Waals surface area contributed by atoms with E-state index in [-0.39, 0.29) is 6.04 Å². The molecule has 31 heavy (non-hydrogen) atoms. The minimum Gasteiger partial charge on any atom is -0.386 e. The SMILES string of the molecule is C[C@@H](N=Cc1ccccc1P(c1ccccc1)c1ccccc1)[C@@H](O)c1ccccc1. The molecule has 0 aliphatic heterocycles. The summed E-state index contributed by atoms with van der Waals surface area (Å²) >= 11 is 0. The molecule has 0 aliphatic rings. The molecule has 0 radical (unpaired) electrons. The van der Waals surface area contributed by atoms with Crippen molar-refractivity contribution >= 4 is 30.0 Å². The molecule has 2 nitrogen and oxygen atoms in total. The van der Waals surface area contributed by atoms with Crippen LogP contribution in [0.4, 0.5) is 0 Å². The Morgan fingerprint density at radius 1 is 0.677 bits per heavy atom. The molecule has 0 saturated heterocycles. The first-order valence-corrected chi connectivity index (χ1v) is 11.8. The summed E-state index contributed by atoms with van der Waals surface area (Å²) in [7, 11) is -0.711. The van der Waals surface area contributed by atoms with Gasteiger partial charge >= 0.3 is 0 Å². The van der Waals surface area contributed by atoms with Crippen LogP contribution in [0, 0.1) is 0 Å². The van der Waals surface area contributed by atoms with Crippen LogP contribution in [0.15, 0.2) is 120 Å². The van der Waals surface area contributed by atoms with E-state index in [1.807, 2.05) is 49.5 Å². The zero-order chi connectivity index (χ0) is 21.5. The lowest BCUT2D eigenvalue weighted by Gasteiger charge is -2.21. The van der Waals surface area contributed by atoms with Crippen molar-refractivity contribution in [3.63, 3.8) is 0 Å². The van der Waals surface area contributed by atoms with Crippen molar-refractivity contribution in [2.45, 2.75) is 19.1 Å². The molecule has 0 spiro atoms. The van der Waals surface area contributed by atoms with Crippen molar-refractivity contribution < 1.29 is 5.11 Å². The van der Waals surface area contributed by atoms with Crippen LogP contribution in [0.3, 0.4) is 0 Å². The average Bonchev–Trinajstić information content (AvgIpc) is 2.85. The first-order valence-electron chi connectivity index (χ1n) is 10.5. The van der Waals surface area contributed by atoms with E-state index in [1.54, 1.807) is 0 Å². The number of benzene rings is 4. The molecule has 0 bridgehead atoms. The predicted octanol–water partition coefficient (Wildman–Crippen LogP) is 4.99. The minimum atomic E-state index is -0.711. The van der Waals surface area contributed by atoms with Gasteiger partial charge in [-0.25, -0.2) is 0 Å². The van der Waals surface area contributed by atoms with Crippen LogP contribution in [-0.2, 0) is 0 Å².